The van der Waals surface area contributed by atoms with Crippen LogP contribution in [0.2, 0.25) is 0 Å². The first kappa shape index (κ1) is 114. The fourth-order valence-electron chi connectivity index (χ4n) is 13.0. The minimum absolute atomic E-state index is 0.0281. The number of carboxylic acids is 1. The monoisotopic (exact) mass is 1760 g/mol. The predicted octanol–water partition coefficient (Wildman–Crippen LogP) is 0.155. The van der Waals surface area contributed by atoms with Gasteiger partial charge in [-0.05, 0) is 124 Å². The Kier molecular flexibility index (Phi) is 55.5. The predicted molar refractivity (Wildman–Crippen MR) is 460 cm³/mol. The quantitative estimate of drug-likeness (QED) is 0.0219. The van der Waals surface area contributed by atoms with Gasteiger partial charge in [0, 0.05) is 38.5 Å². The number of hydrogen-bond acceptors (Lipinski definition) is 22. The average Bonchev–Trinajstić information content (AvgIpc) is 0.814. The number of ether oxygens (including phenoxy) is 1. The van der Waals surface area contributed by atoms with Gasteiger partial charge >= 0.3 is 11.9 Å². The third-order valence-electron chi connectivity index (χ3n) is 20.1. The van der Waals surface area contributed by atoms with Gasteiger partial charge in [-0.1, -0.05) is 163 Å². The van der Waals surface area contributed by atoms with Crippen LogP contribution >= 0.6 is 0 Å². The lowest BCUT2D eigenvalue weighted by Crippen LogP contribution is -2.62. The van der Waals surface area contributed by atoms with Crippen LogP contribution in [0.25, 0.3) is 0 Å². The van der Waals surface area contributed by atoms with Crippen LogP contribution in [0.4, 0.5) is 0 Å². The molecule has 0 fully saturated rings. The second kappa shape index (κ2) is 60.4. The van der Waals surface area contributed by atoms with E-state index in [-0.39, 0.29) is 93.8 Å². The van der Waals surface area contributed by atoms with E-state index in [0.29, 0.717) is 12.8 Å². The van der Waals surface area contributed by atoms with Crippen molar-refractivity contribution in [3.8, 4) is 0 Å². The highest BCUT2D eigenvalue weighted by Gasteiger charge is 2.40. The van der Waals surface area contributed by atoms with E-state index in [4.69, 9.17) is 33.4 Å². The Morgan fingerprint density at radius 2 is 0.581 bits per heavy atom. The number of esters is 1. The van der Waals surface area contributed by atoms with E-state index in [1.165, 1.54) is 27.7 Å². The number of nitrogens with one attached hydrogen (secondary N) is 13. The van der Waals surface area contributed by atoms with Gasteiger partial charge in [0.15, 0.2) is 0 Å². The second-order valence-electron chi connectivity index (χ2n) is 35.1. The van der Waals surface area contributed by atoms with Crippen LogP contribution < -0.4 is 97.8 Å². The lowest BCUT2D eigenvalue weighted by atomic mass is 9.98. The number of carbonyl (C=O) groups is 19. The summed E-state index contributed by atoms with van der Waals surface area (Å²) in [6.45, 7) is 28.3. The van der Waals surface area contributed by atoms with Crippen molar-refractivity contribution in [1.82, 2.24) is 69.1 Å². The summed E-state index contributed by atoms with van der Waals surface area (Å²) in [5.41, 5.74) is 27.6. The number of carboxylic acid groups (broad SMARTS) is 1. The number of unbranched alkanes of at least 4 members (excludes halogenated alkanes) is 6. The van der Waals surface area contributed by atoms with Crippen molar-refractivity contribution in [2.24, 2.45) is 76.0 Å². The van der Waals surface area contributed by atoms with Gasteiger partial charge in [-0.15, -0.1) is 0 Å². The maximum Gasteiger partial charge on any atom is 0.306 e. The SMILES string of the molecule is CCCCCCCCCC(=O)N[C@@H](CC(C)C)C(=O)N[C@H](CCC(=O)O)C(=O)N[C@H](CCC(N)=O)C(=O)N[C@@H](C(=O)N[C@H](CC(C)C)C(=O)N[C@@H](CCC(N)O)C(=O)N[C@H](COC(=O)C[C@@H](C)CC)C(=O)N[C@@H](C(=O)N[C@H](CC(C)C)C(=O)N[C@H](CCC(N)=O)C(=O)N[C@@H](CC(C)C)C(=O)N[C@H](CC(C)C)C(=O)N[C@H](CCC(N)=O)C(N)=O)C(C)C)C(C)C. The molecule has 0 bridgehead atoms. The normalized spacial score (nSPS) is 15.1. The molecular weight excluding hydrogens is 1610 g/mol. The summed E-state index contributed by atoms with van der Waals surface area (Å²) in [6, 6.07) is -19.8. The third-order valence-corrected chi connectivity index (χ3v) is 20.1. The van der Waals surface area contributed by atoms with Crippen LogP contribution in [0.3, 0.4) is 0 Å². The van der Waals surface area contributed by atoms with Gasteiger partial charge in [0.2, 0.25) is 100 Å². The summed E-state index contributed by atoms with van der Waals surface area (Å²) in [7, 11) is 0. The first-order chi connectivity index (χ1) is 57.8. The van der Waals surface area contributed by atoms with Crippen LogP contribution in [-0.2, 0) is 95.8 Å². The number of hydrogen-bond donors (Lipinski definition) is 20. The molecule has 0 aliphatic rings. The fourth-order valence-corrected chi connectivity index (χ4v) is 13.0. The topological polar surface area (TPSA) is 661 Å². The highest BCUT2D eigenvalue weighted by Crippen LogP contribution is 2.19. The van der Waals surface area contributed by atoms with E-state index in [0.717, 1.165) is 38.5 Å². The molecule has 0 aliphatic heterocycles. The summed E-state index contributed by atoms with van der Waals surface area (Å²) in [6.07, 6.45) is 1.05. The molecule has 0 aromatic rings. The van der Waals surface area contributed by atoms with Crippen molar-refractivity contribution < 1.29 is 106 Å². The maximum atomic E-state index is 14.8. The Bertz CT molecular complexity index is 3480. The van der Waals surface area contributed by atoms with Crippen molar-refractivity contribution in [1.29, 1.82) is 0 Å². The molecule has 0 aliphatic carbocycles. The minimum Gasteiger partial charge on any atom is -0.481 e. The Hall–Kier alpha value is -10.1. The number of primary amides is 4. The number of aliphatic hydroxyl groups is 1. The number of carbonyl (C=O) groups excluding carboxylic acids is 18. The van der Waals surface area contributed by atoms with Gasteiger partial charge in [0.1, 0.15) is 91.4 Å². The van der Waals surface area contributed by atoms with E-state index in [1.54, 1.807) is 62.3 Å². The zero-order chi connectivity index (χ0) is 95.0. The molecule has 0 saturated carbocycles. The summed E-state index contributed by atoms with van der Waals surface area (Å²) in [5, 5.41) is 53.5. The van der Waals surface area contributed by atoms with Gasteiger partial charge in [0.25, 0.3) is 0 Å². The summed E-state index contributed by atoms with van der Waals surface area (Å²) in [4.78, 5) is 260. The molecule has 40 heteroatoms. The van der Waals surface area contributed by atoms with Gasteiger partial charge in [-0.3, -0.25) is 91.1 Å². The summed E-state index contributed by atoms with van der Waals surface area (Å²) < 4.78 is 5.56. The number of aliphatic carboxylic acids is 1. The molecule has 0 rings (SSSR count). The molecule has 0 aromatic carbocycles. The van der Waals surface area contributed by atoms with Crippen LogP contribution in [-0.4, -0.2) is 214 Å². The zero-order valence-electron chi connectivity index (χ0n) is 76.0. The van der Waals surface area contributed by atoms with Crippen LogP contribution in [0, 0.1) is 47.3 Å². The molecule has 1 unspecified atom stereocenters. The summed E-state index contributed by atoms with van der Waals surface area (Å²) >= 11 is 0. The molecule has 0 aromatic heterocycles. The van der Waals surface area contributed by atoms with E-state index >= 15 is 0 Å². The molecule has 0 saturated heterocycles. The molecular formula is C84H150N18O22. The molecule has 17 amide bonds. The highest BCUT2D eigenvalue weighted by atomic mass is 16.5. The molecule has 708 valence electrons. The standard InChI is InChI=1S/C84H150N18O22/c1-18-20-21-22-23-24-25-26-67(107)90-57(37-44(3)4)77(116)95-56(31-36-68(108)109)73(112)92-55(30-35-66(88)106)76(115)101-70(49(13)14)83(122)98-61(41-48(11)12)80(119)94-54(29-34-65(87)105)75(114)100-62(43-124-69(110)42-51(17)19-2)82(121)102-71(50(15)16)84(123)99-60(40-47(9)10)79(118)93-53(28-33-64(86)104)74(113)96-59(39-46(7)8)81(120)97-58(38-45(5)6)78(117)91-52(72(89)111)27-32-63(85)103/h44-62,65,70-71,105H,18-43,87H2,1-17H3,(H2,85,103)(H2,86,104)(H2,88,106)(H2,89,111)(H,90,107)(H,91,117)(H,92,112)(H,93,118)(H,94,119)(H,95,116)(H,96,113)(H,97,120)(H,98,122)(H,99,123)(H,100,114)(H,101,115)(H,102,121)(H,108,109)/t51-,52+,53+,54-,55+,56+,57-,58+,59-,60+,61+,62+,65?,70+,71+/m0/s1. The third kappa shape index (κ3) is 49.4. The second-order valence-corrected chi connectivity index (χ2v) is 35.1. The lowest BCUT2D eigenvalue weighted by Gasteiger charge is -2.30. The lowest BCUT2D eigenvalue weighted by molar-refractivity contribution is -0.148. The van der Waals surface area contributed by atoms with Crippen molar-refractivity contribution in [2.75, 3.05) is 6.61 Å². The van der Waals surface area contributed by atoms with Gasteiger partial charge in [-0.25, -0.2) is 0 Å². The van der Waals surface area contributed by atoms with E-state index in [1.807, 2.05) is 20.8 Å². The van der Waals surface area contributed by atoms with E-state index in [2.05, 4.69) is 76.0 Å². The largest absolute Gasteiger partial charge is 0.481 e. The Labute approximate surface area is 730 Å². The van der Waals surface area contributed by atoms with Gasteiger partial charge in [0.05, 0.1) is 0 Å². The number of amides is 17. The average molecular weight is 1760 g/mol. The number of aliphatic hydroxyl groups excluding tert-OH is 1. The number of rotatable bonds is 66. The Balaban J connectivity index is 7.48. The van der Waals surface area contributed by atoms with E-state index in [9.17, 15) is 101 Å². The molecule has 40 nitrogen and oxygen atoms in total. The first-order valence-electron chi connectivity index (χ1n) is 43.7. The molecule has 0 radical (unpaired) electrons. The van der Waals surface area contributed by atoms with Gasteiger partial charge in [-0.2, -0.15) is 0 Å². The Morgan fingerprint density at radius 3 is 0.895 bits per heavy atom. The summed E-state index contributed by atoms with van der Waals surface area (Å²) in [5.74, 6) is -21.2. The molecule has 0 spiro atoms. The first-order valence-corrected chi connectivity index (χ1v) is 43.7. The van der Waals surface area contributed by atoms with Crippen LogP contribution in [0.5, 0.6) is 0 Å². The van der Waals surface area contributed by atoms with Gasteiger partial charge < -0.3 is 113 Å². The van der Waals surface area contributed by atoms with Crippen molar-refractivity contribution in [2.45, 2.75) is 363 Å². The van der Waals surface area contributed by atoms with Crippen LogP contribution in [0.15, 0.2) is 0 Å². The van der Waals surface area contributed by atoms with Crippen molar-refractivity contribution >= 4 is 112 Å². The minimum atomic E-state index is -1.88. The van der Waals surface area contributed by atoms with Crippen molar-refractivity contribution in [3.05, 3.63) is 0 Å². The molecule has 25 N–H and O–H groups in total. The van der Waals surface area contributed by atoms with Crippen molar-refractivity contribution in [3.63, 3.8) is 0 Å². The maximum absolute atomic E-state index is 14.8. The smallest absolute Gasteiger partial charge is 0.306 e. The molecule has 0 heterocycles. The van der Waals surface area contributed by atoms with E-state index < -0.39 is 266 Å². The Morgan fingerprint density at radius 1 is 0.306 bits per heavy atom. The fraction of sp³-hybridized carbons (Fsp3) is 0.774. The zero-order valence-corrected chi connectivity index (χ0v) is 76.0. The van der Waals surface area contributed by atoms with Crippen LogP contribution in [0.1, 0.15) is 278 Å². The molecule has 15 atom stereocenters. The molecule has 124 heavy (non-hydrogen) atoms. The highest BCUT2D eigenvalue weighted by molar-refractivity contribution is 6.01. The number of nitrogens with two attached hydrogens (primary N) is 5.